The second kappa shape index (κ2) is 19.7. The largest absolute Gasteiger partial charge is 0.480 e. The van der Waals surface area contributed by atoms with Crippen molar-refractivity contribution in [2.24, 2.45) is 23.1 Å². The summed E-state index contributed by atoms with van der Waals surface area (Å²) in [4.78, 5) is 96.7. The Labute approximate surface area is 251 Å². The topological polar surface area (TPSA) is 356 Å². The molecule has 0 saturated carbocycles. The predicted molar refractivity (Wildman–Crippen MR) is 148 cm³/mol. The number of amides is 7. The van der Waals surface area contributed by atoms with Gasteiger partial charge >= 0.3 is 5.97 Å². The van der Waals surface area contributed by atoms with E-state index in [0.29, 0.717) is 0 Å². The summed E-state index contributed by atoms with van der Waals surface area (Å²) in [5.41, 5.74) is 15.7. The van der Waals surface area contributed by atoms with Crippen LogP contribution in [0.4, 0.5) is 0 Å². The van der Waals surface area contributed by atoms with Crippen LogP contribution in [-0.2, 0) is 38.4 Å². The molecule has 0 bridgehead atoms. The van der Waals surface area contributed by atoms with Crippen molar-refractivity contribution in [1.82, 2.24) is 26.6 Å². The molecule has 20 nitrogen and oxygen atoms in total. The Morgan fingerprint density at radius 1 is 0.568 bits per heavy atom. The van der Waals surface area contributed by atoms with Crippen LogP contribution >= 0.6 is 0 Å². The highest BCUT2D eigenvalue weighted by Gasteiger charge is 2.33. The van der Waals surface area contributed by atoms with Crippen LogP contribution in [0.1, 0.15) is 39.5 Å². The first-order valence-corrected chi connectivity index (χ1v) is 13.4. The summed E-state index contributed by atoms with van der Waals surface area (Å²) in [6.07, 6.45) is -1.27. The molecule has 0 aliphatic heterocycles. The van der Waals surface area contributed by atoms with Crippen LogP contribution in [0.5, 0.6) is 0 Å². The molecule has 0 radical (unpaired) electrons. The number of aliphatic hydroxyl groups excluding tert-OH is 3. The van der Waals surface area contributed by atoms with Crippen molar-refractivity contribution >= 4 is 47.3 Å². The predicted octanol–water partition coefficient (Wildman–Crippen LogP) is -7.01. The van der Waals surface area contributed by atoms with Crippen molar-refractivity contribution < 1.29 is 58.8 Å². The van der Waals surface area contributed by atoms with Crippen LogP contribution in [0, 0.1) is 5.92 Å². The third kappa shape index (κ3) is 14.2. The molecule has 0 heterocycles. The number of aliphatic carboxylic acids is 1. The van der Waals surface area contributed by atoms with Gasteiger partial charge < -0.3 is 64.2 Å². The van der Waals surface area contributed by atoms with E-state index in [1.165, 1.54) is 13.8 Å². The zero-order valence-corrected chi connectivity index (χ0v) is 24.3. The number of carboxylic acids is 1. The Hall–Kier alpha value is -4.40. The zero-order chi connectivity index (χ0) is 34.1. The lowest BCUT2D eigenvalue weighted by molar-refractivity contribution is -0.144. The second-order valence-electron chi connectivity index (χ2n) is 9.98. The molecule has 0 unspecified atom stereocenters. The average molecular weight is 635 g/mol. The third-order valence-corrected chi connectivity index (χ3v) is 6.03. The Balaban J connectivity index is 5.61. The van der Waals surface area contributed by atoms with Crippen LogP contribution in [0.15, 0.2) is 0 Å². The van der Waals surface area contributed by atoms with E-state index in [0.717, 1.165) is 0 Å². The summed E-state index contributed by atoms with van der Waals surface area (Å²) >= 11 is 0. The molecule has 0 aliphatic carbocycles. The molecule has 0 aromatic rings. The number of hydrogen-bond acceptors (Lipinski definition) is 12. The van der Waals surface area contributed by atoms with E-state index < -0.39 is 122 Å². The van der Waals surface area contributed by atoms with E-state index in [2.05, 4.69) is 26.6 Å². The molecule has 7 amide bonds. The number of rotatable bonds is 21. The Kier molecular flexibility index (Phi) is 17.8. The number of primary amides is 2. The molecule has 0 aromatic heterocycles. The molecule has 0 aromatic carbocycles. The summed E-state index contributed by atoms with van der Waals surface area (Å²) < 4.78 is 0. The lowest BCUT2D eigenvalue weighted by atomic mass is 10.0. The van der Waals surface area contributed by atoms with Crippen LogP contribution < -0.4 is 43.8 Å². The number of hydrogen-bond donors (Lipinski definition) is 12. The molecule has 44 heavy (non-hydrogen) atoms. The highest BCUT2D eigenvalue weighted by molar-refractivity contribution is 5.96. The van der Waals surface area contributed by atoms with Gasteiger partial charge in [0.25, 0.3) is 0 Å². The minimum absolute atomic E-state index is 0.159. The standard InChI is InChI=1S/C24H42N8O12/c1-10(2)18(24(43)44)32-23(42)15(9-35)30-20(39)12(4-6-17(27)37)28-21(40)14(8-34)31-22(41)13(7-33)29-19(38)11(25)3-5-16(26)36/h10-15,18,33-35H,3-9,25H2,1-2H3,(H2,26,36)(H2,27,37)(H,28,40)(H,29,38)(H,30,39)(H,31,41)(H,32,42)(H,43,44)/t11-,12-,13-,14-,15-,18-/m0/s1. The van der Waals surface area contributed by atoms with Crippen LogP contribution in [0.2, 0.25) is 0 Å². The zero-order valence-electron chi connectivity index (χ0n) is 24.3. The molecular weight excluding hydrogens is 592 g/mol. The first-order valence-electron chi connectivity index (χ1n) is 13.4. The van der Waals surface area contributed by atoms with Gasteiger partial charge in [-0.2, -0.15) is 0 Å². The molecule has 0 fully saturated rings. The van der Waals surface area contributed by atoms with Gasteiger partial charge in [0, 0.05) is 12.8 Å². The van der Waals surface area contributed by atoms with Gasteiger partial charge in [-0.25, -0.2) is 4.79 Å². The maximum atomic E-state index is 12.9. The number of carboxylic acid groups (broad SMARTS) is 1. The van der Waals surface area contributed by atoms with Crippen LogP contribution in [-0.4, -0.2) is 124 Å². The quantitative estimate of drug-likeness (QED) is 0.0559. The van der Waals surface area contributed by atoms with E-state index in [4.69, 9.17) is 17.2 Å². The first-order chi connectivity index (χ1) is 20.5. The van der Waals surface area contributed by atoms with Gasteiger partial charge in [0.15, 0.2) is 0 Å². The maximum absolute atomic E-state index is 12.9. The third-order valence-electron chi connectivity index (χ3n) is 6.03. The van der Waals surface area contributed by atoms with E-state index in [1.54, 1.807) is 0 Å². The highest BCUT2D eigenvalue weighted by atomic mass is 16.4. The normalized spacial score (nSPS) is 15.0. The second-order valence-corrected chi connectivity index (χ2v) is 9.98. The summed E-state index contributed by atoms with van der Waals surface area (Å²) in [5.74, 6) is -8.96. The Morgan fingerprint density at radius 2 is 0.909 bits per heavy atom. The van der Waals surface area contributed by atoms with Gasteiger partial charge in [-0.05, 0) is 18.8 Å². The van der Waals surface area contributed by atoms with Gasteiger partial charge in [-0.3, -0.25) is 33.6 Å². The smallest absolute Gasteiger partial charge is 0.326 e. The lowest BCUT2D eigenvalue weighted by Gasteiger charge is -2.26. The van der Waals surface area contributed by atoms with Gasteiger partial charge in [0.05, 0.1) is 25.9 Å². The van der Waals surface area contributed by atoms with Crippen molar-refractivity contribution in [2.75, 3.05) is 19.8 Å². The number of carbonyl (C=O) groups is 8. The number of aliphatic hydroxyl groups is 3. The molecule has 0 saturated heterocycles. The fourth-order valence-corrected chi connectivity index (χ4v) is 3.43. The van der Waals surface area contributed by atoms with E-state index in [1.807, 2.05) is 0 Å². The summed E-state index contributed by atoms with van der Waals surface area (Å²) in [7, 11) is 0. The summed E-state index contributed by atoms with van der Waals surface area (Å²) in [6, 6.07) is -9.32. The summed E-state index contributed by atoms with van der Waals surface area (Å²) in [6.45, 7) is 0.0343. The lowest BCUT2D eigenvalue weighted by Crippen LogP contribution is -2.61. The van der Waals surface area contributed by atoms with Gasteiger partial charge in [0.2, 0.25) is 41.4 Å². The maximum Gasteiger partial charge on any atom is 0.326 e. The molecule has 15 N–H and O–H groups in total. The fraction of sp³-hybridized carbons (Fsp3) is 0.667. The van der Waals surface area contributed by atoms with E-state index in [9.17, 15) is 58.8 Å². The van der Waals surface area contributed by atoms with Crippen LogP contribution in [0.3, 0.4) is 0 Å². The first kappa shape index (κ1) is 39.6. The Bertz CT molecular complexity index is 1060. The minimum atomic E-state index is -1.76. The number of carbonyl (C=O) groups excluding carboxylic acids is 7. The molecule has 0 aliphatic rings. The molecule has 0 spiro atoms. The van der Waals surface area contributed by atoms with Gasteiger partial charge in [-0.15, -0.1) is 0 Å². The van der Waals surface area contributed by atoms with Gasteiger partial charge in [-0.1, -0.05) is 13.8 Å². The molecule has 0 rings (SSSR count). The van der Waals surface area contributed by atoms with Crippen molar-refractivity contribution in [3.8, 4) is 0 Å². The molecule has 6 atom stereocenters. The number of nitrogens with one attached hydrogen (secondary N) is 5. The fourth-order valence-electron chi connectivity index (χ4n) is 3.43. The SMILES string of the molecule is CC(C)[C@H](NC(=O)[C@H](CO)NC(=O)[C@H](CCC(N)=O)NC(=O)[C@H](CO)NC(=O)[C@H](CO)NC(=O)[C@@H](N)CCC(N)=O)C(=O)O. The van der Waals surface area contributed by atoms with Crippen molar-refractivity contribution in [2.45, 2.75) is 75.8 Å². The van der Waals surface area contributed by atoms with Crippen molar-refractivity contribution in [3.05, 3.63) is 0 Å². The summed E-state index contributed by atoms with van der Waals surface area (Å²) in [5, 5.41) is 48.8. The monoisotopic (exact) mass is 634 g/mol. The van der Waals surface area contributed by atoms with Gasteiger partial charge in [0.1, 0.15) is 30.2 Å². The molecule has 250 valence electrons. The van der Waals surface area contributed by atoms with E-state index >= 15 is 0 Å². The highest BCUT2D eigenvalue weighted by Crippen LogP contribution is 2.04. The van der Waals surface area contributed by atoms with Crippen molar-refractivity contribution in [1.29, 1.82) is 0 Å². The molecular formula is C24H42N8O12. The van der Waals surface area contributed by atoms with Crippen LogP contribution in [0.25, 0.3) is 0 Å². The Morgan fingerprint density at radius 3 is 1.27 bits per heavy atom. The van der Waals surface area contributed by atoms with E-state index in [-0.39, 0.29) is 12.8 Å². The minimum Gasteiger partial charge on any atom is -0.480 e. The van der Waals surface area contributed by atoms with Crippen molar-refractivity contribution in [3.63, 3.8) is 0 Å². The average Bonchev–Trinajstić information content (AvgIpc) is 2.95. The number of nitrogens with two attached hydrogens (primary N) is 3. The molecule has 20 heteroatoms.